The highest BCUT2D eigenvalue weighted by Gasteiger charge is 2.20. The van der Waals surface area contributed by atoms with Crippen LogP contribution in [0.5, 0.6) is 0 Å². The van der Waals surface area contributed by atoms with E-state index >= 15 is 0 Å². The normalized spacial score (nSPS) is 16.2. The smallest absolute Gasteiger partial charge is 0.289 e. The molecule has 3 rings (SSSR count). The number of rotatable bonds is 6. The van der Waals surface area contributed by atoms with Gasteiger partial charge in [-0.3, -0.25) is 9.69 Å². The van der Waals surface area contributed by atoms with Crippen molar-refractivity contribution < 1.29 is 9.21 Å². The topological polar surface area (TPSA) is 39.9 Å². The minimum absolute atomic E-state index is 0.0435. The maximum atomic E-state index is 12.7. The number of hydrogen-bond acceptors (Lipinski definition) is 4. The van der Waals surface area contributed by atoms with Crippen molar-refractivity contribution in [3.63, 3.8) is 0 Å². The van der Waals surface area contributed by atoms with Gasteiger partial charge in [-0.2, -0.15) is 0 Å². The van der Waals surface area contributed by atoms with Gasteiger partial charge in [-0.15, -0.1) is 0 Å². The summed E-state index contributed by atoms with van der Waals surface area (Å²) in [4.78, 5) is 19.4. The molecule has 0 unspecified atom stereocenters. The van der Waals surface area contributed by atoms with Crippen LogP contribution in [0.1, 0.15) is 16.1 Å². The Morgan fingerprint density at radius 3 is 2.50 bits per heavy atom. The Morgan fingerprint density at radius 1 is 1.08 bits per heavy atom. The number of benzene rings is 1. The molecule has 1 amide bonds. The molecule has 1 aliphatic heterocycles. The minimum atomic E-state index is -0.0435. The fourth-order valence-electron chi connectivity index (χ4n) is 2.95. The molecule has 5 nitrogen and oxygen atoms in total. The van der Waals surface area contributed by atoms with Crippen molar-refractivity contribution in [1.82, 2.24) is 14.7 Å². The van der Waals surface area contributed by atoms with Gasteiger partial charge in [0.25, 0.3) is 5.91 Å². The van der Waals surface area contributed by atoms with Crippen molar-refractivity contribution in [3.8, 4) is 0 Å². The third-order valence-corrected chi connectivity index (χ3v) is 4.52. The molecular weight excluding hydrogens is 302 g/mol. The lowest BCUT2D eigenvalue weighted by Crippen LogP contribution is -2.47. The summed E-state index contributed by atoms with van der Waals surface area (Å²) in [5.74, 6) is 0.363. The first-order valence-electron chi connectivity index (χ1n) is 8.50. The number of likely N-dealkylation sites (N-methyl/N-ethyl adjacent to an activating group) is 1. The maximum absolute atomic E-state index is 12.7. The molecule has 1 aliphatic rings. The Hall–Kier alpha value is -2.11. The fraction of sp³-hybridized carbons (Fsp3) is 0.421. The SMILES string of the molecule is CN1CCN(CCN(Cc2ccccc2)C(=O)c2ccco2)CC1. The molecule has 24 heavy (non-hydrogen) atoms. The number of nitrogens with zero attached hydrogens (tertiary/aromatic N) is 3. The van der Waals surface area contributed by atoms with Gasteiger partial charge in [-0.05, 0) is 24.7 Å². The lowest BCUT2D eigenvalue weighted by molar-refractivity contribution is 0.0670. The van der Waals surface area contributed by atoms with E-state index in [4.69, 9.17) is 4.42 Å². The summed E-state index contributed by atoms with van der Waals surface area (Å²) in [6.45, 7) is 6.50. The standard InChI is InChI=1S/C19H25N3O2/c1-20-9-11-21(12-10-20)13-14-22(16-17-6-3-2-4-7-17)19(23)18-8-5-15-24-18/h2-8,15H,9-14,16H2,1H3. The summed E-state index contributed by atoms with van der Waals surface area (Å²) in [6.07, 6.45) is 1.55. The molecule has 0 radical (unpaired) electrons. The van der Waals surface area contributed by atoms with Crippen molar-refractivity contribution in [2.75, 3.05) is 46.3 Å². The number of carbonyl (C=O) groups is 1. The molecule has 0 aliphatic carbocycles. The zero-order chi connectivity index (χ0) is 16.8. The molecule has 0 bridgehead atoms. The Kier molecular flexibility index (Phi) is 5.67. The molecule has 1 saturated heterocycles. The molecule has 128 valence electrons. The van der Waals surface area contributed by atoms with Crippen LogP contribution in [0.3, 0.4) is 0 Å². The van der Waals surface area contributed by atoms with Gasteiger partial charge in [-0.25, -0.2) is 0 Å². The molecule has 0 atom stereocenters. The third kappa shape index (κ3) is 4.46. The van der Waals surface area contributed by atoms with Crippen LogP contribution < -0.4 is 0 Å². The van der Waals surface area contributed by atoms with Crippen LogP contribution in [-0.4, -0.2) is 66.9 Å². The molecule has 0 N–H and O–H groups in total. The lowest BCUT2D eigenvalue weighted by atomic mass is 10.2. The highest BCUT2D eigenvalue weighted by molar-refractivity contribution is 5.91. The van der Waals surface area contributed by atoms with E-state index in [1.54, 1.807) is 18.4 Å². The van der Waals surface area contributed by atoms with Gasteiger partial charge in [0.1, 0.15) is 0 Å². The predicted molar refractivity (Wildman–Crippen MR) is 93.8 cm³/mol. The van der Waals surface area contributed by atoms with Gasteiger partial charge >= 0.3 is 0 Å². The molecule has 0 spiro atoms. The van der Waals surface area contributed by atoms with Crippen molar-refractivity contribution >= 4 is 5.91 Å². The quantitative estimate of drug-likeness (QED) is 0.815. The predicted octanol–water partition coefficient (Wildman–Crippen LogP) is 2.17. The number of hydrogen-bond donors (Lipinski definition) is 0. The molecule has 1 aromatic heterocycles. The fourth-order valence-corrected chi connectivity index (χ4v) is 2.95. The summed E-state index contributed by atoms with van der Waals surface area (Å²) in [5.41, 5.74) is 1.13. The van der Waals surface area contributed by atoms with E-state index < -0.39 is 0 Å². The number of carbonyl (C=O) groups excluding carboxylic acids is 1. The van der Waals surface area contributed by atoms with E-state index in [0.29, 0.717) is 18.8 Å². The zero-order valence-corrected chi connectivity index (χ0v) is 14.2. The van der Waals surface area contributed by atoms with Crippen LogP contribution in [0.4, 0.5) is 0 Å². The zero-order valence-electron chi connectivity index (χ0n) is 14.2. The summed E-state index contributed by atoms with van der Waals surface area (Å²) < 4.78 is 5.31. The van der Waals surface area contributed by atoms with Crippen LogP contribution in [0.15, 0.2) is 53.1 Å². The third-order valence-electron chi connectivity index (χ3n) is 4.52. The van der Waals surface area contributed by atoms with E-state index in [1.807, 2.05) is 23.1 Å². The van der Waals surface area contributed by atoms with E-state index in [1.165, 1.54) is 0 Å². The molecule has 1 aromatic carbocycles. The van der Waals surface area contributed by atoms with Gasteiger partial charge < -0.3 is 14.2 Å². The molecular formula is C19H25N3O2. The first-order valence-corrected chi connectivity index (χ1v) is 8.50. The Labute approximate surface area is 143 Å². The van der Waals surface area contributed by atoms with Crippen LogP contribution in [-0.2, 0) is 6.54 Å². The van der Waals surface area contributed by atoms with Crippen molar-refractivity contribution in [2.45, 2.75) is 6.54 Å². The van der Waals surface area contributed by atoms with E-state index in [-0.39, 0.29) is 5.91 Å². The Bertz CT molecular complexity index is 619. The Balaban J connectivity index is 1.64. The average molecular weight is 327 g/mol. The summed E-state index contributed by atoms with van der Waals surface area (Å²) in [7, 11) is 2.15. The summed E-state index contributed by atoms with van der Waals surface area (Å²) in [5, 5.41) is 0. The first kappa shape index (κ1) is 16.7. The highest BCUT2D eigenvalue weighted by atomic mass is 16.3. The van der Waals surface area contributed by atoms with Gasteiger partial charge in [0, 0.05) is 45.8 Å². The summed E-state index contributed by atoms with van der Waals surface area (Å²) >= 11 is 0. The second kappa shape index (κ2) is 8.13. The van der Waals surface area contributed by atoms with Crippen LogP contribution in [0.2, 0.25) is 0 Å². The lowest BCUT2D eigenvalue weighted by Gasteiger charge is -2.33. The van der Waals surface area contributed by atoms with Gasteiger partial charge in [0.2, 0.25) is 0 Å². The summed E-state index contributed by atoms with van der Waals surface area (Å²) in [6, 6.07) is 13.6. The molecule has 2 heterocycles. The first-order chi connectivity index (χ1) is 11.7. The second-order valence-corrected chi connectivity index (χ2v) is 6.33. The minimum Gasteiger partial charge on any atom is -0.459 e. The van der Waals surface area contributed by atoms with Crippen LogP contribution >= 0.6 is 0 Å². The van der Waals surface area contributed by atoms with Gasteiger partial charge in [0.15, 0.2) is 5.76 Å². The van der Waals surface area contributed by atoms with Gasteiger partial charge in [-0.1, -0.05) is 30.3 Å². The van der Waals surface area contributed by atoms with Crippen LogP contribution in [0.25, 0.3) is 0 Å². The number of piperazine rings is 1. The van der Waals surface area contributed by atoms with E-state index in [0.717, 1.165) is 38.3 Å². The monoisotopic (exact) mass is 327 g/mol. The average Bonchev–Trinajstić information content (AvgIpc) is 3.15. The molecule has 2 aromatic rings. The van der Waals surface area contributed by atoms with Gasteiger partial charge in [0.05, 0.1) is 6.26 Å². The number of amides is 1. The highest BCUT2D eigenvalue weighted by Crippen LogP contribution is 2.11. The molecule has 5 heteroatoms. The van der Waals surface area contributed by atoms with Crippen LogP contribution in [0, 0.1) is 0 Å². The van der Waals surface area contributed by atoms with E-state index in [2.05, 4.69) is 29.0 Å². The van der Waals surface area contributed by atoms with Crippen molar-refractivity contribution in [2.24, 2.45) is 0 Å². The number of furan rings is 1. The maximum Gasteiger partial charge on any atom is 0.289 e. The van der Waals surface area contributed by atoms with Crippen molar-refractivity contribution in [1.29, 1.82) is 0 Å². The largest absolute Gasteiger partial charge is 0.459 e. The van der Waals surface area contributed by atoms with Crippen molar-refractivity contribution in [3.05, 3.63) is 60.1 Å². The molecule has 0 saturated carbocycles. The Morgan fingerprint density at radius 2 is 1.83 bits per heavy atom. The second-order valence-electron chi connectivity index (χ2n) is 6.33. The molecule has 1 fully saturated rings. The van der Waals surface area contributed by atoms with E-state index in [9.17, 15) is 4.79 Å².